The average molecular weight is 382 g/mol. The summed E-state index contributed by atoms with van der Waals surface area (Å²) < 4.78 is 11.9. The third kappa shape index (κ3) is 5.03. The minimum Gasteiger partial charge on any atom is -0.493 e. The van der Waals surface area contributed by atoms with Crippen LogP contribution in [0, 0.1) is 0 Å². The Labute approximate surface area is 164 Å². The van der Waals surface area contributed by atoms with E-state index in [2.05, 4.69) is 24.4 Å². The van der Waals surface area contributed by atoms with Gasteiger partial charge in [-0.1, -0.05) is 43.7 Å². The molecule has 3 rings (SSSR count). The fourth-order valence-electron chi connectivity index (χ4n) is 2.99. The molecule has 0 atom stereocenters. The van der Waals surface area contributed by atoms with E-state index in [-0.39, 0.29) is 0 Å². The molecule has 0 fully saturated rings. The molecule has 1 heterocycles. The zero-order chi connectivity index (χ0) is 19.8. The van der Waals surface area contributed by atoms with E-state index in [1.165, 1.54) is 5.56 Å². The van der Waals surface area contributed by atoms with Crippen LogP contribution in [0.1, 0.15) is 38.2 Å². The van der Waals surface area contributed by atoms with Crippen LogP contribution >= 0.6 is 0 Å². The number of benzene rings is 2. The highest BCUT2D eigenvalue weighted by Crippen LogP contribution is 2.20. The Morgan fingerprint density at radius 2 is 1.93 bits per heavy atom. The van der Waals surface area contributed by atoms with Gasteiger partial charge in [-0.2, -0.15) is 4.57 Å². The topological polar surface area (TPSA) is 73.5 Å². The summed E-state index contributed by atoms with van der Waals surface area (Å²) in [6, 6.07) is 14.8. The monoisotopic (exact) mass is 382 g/mol. The first-order chi connectivity index (χ1) is 13.7. The van der Waals surface area contributed by atoms with Gasteiger partial charge in [0.1, 0.15) is 11.3 Å². The largest absolute Gasteiger partial charge is 0.493 e. The van der Waals surface area contributed by atoms with Crippen LogP contribution in [0.25, 0.3) is 11.1 Å². The highest BCUT2D eigenvalue weighted by atomic mass is 16.5. The van der Waals surface area contributed by atoms with Gasteiger partial charge >= 0.3 is 11.8 Å². The number of rotatable bonds is 9. The van der Waals surface area contributed by atoms with E-state index in [9.17, 15) is 9.59 Å². The first kappa shape index (κ1) is 19.7. The van der Waals surface area contributed by atoms with E-state index in [1.54, 1.807) is 18.2 Å². The van der Waals surface area contributed by atoms with E-state index < -0.39 is 11.8 Å². The number of nitrogens with one attached hydrogen (secondary N) is 1. The van der Waals surface area contributed by atoms with Crippen molar-refractivity contribution < 1.29 is 13.9 Å². The van der Waals surface area contributed by atoms with Gasteiger partial charge in [-0.25, -0.2) is 9.59 Å². The highest BCUT2D eigenvalue weighted by Gasteiger charge is 2.16. The molecule has 6 heteroatoms. The lowest BCUT2D eigenvalue weighted by atomic mass is 10.1. The van der Waals surface area contributed by atoms with Crippen molar-refractivity contribution in [1.82, 2.24) is 9.88 Å². The summed E-state index contributed by atoms with van der Waals surface area (Å²) in [5.41, 5.74) is 2.07. The van der Waals surface area contributed by atoms with Crippen LogP contribution in [0.5, 0.6) is 5.75 Å². The van der Waals surface area contributed by atoms with Crippen LogP contribution in [0.2, 0.25) is 0 Å². The van der Waals surface area contributed by atoms with Gasteiger partial charge in [0.25, 0.3) is 0 Å². The fourth-order valence-corrected chi connectivity index (χ4v) is 2.99. The van der Waals surface area contributed by atoms with E-state index in [1.807, 2.05) is 18.2 Å². The molecule has 0 saturated carbocycles. The first-order valence-corrected chi connectivity index (χ1v) is 9.79. The standard InChI is InChI=1S/C22H26N2O4/c1-2-3-15-27-18-12-13-19-20(16-18)28-22(26)24(19)21(25)23-14-8-7-11-17-9-5-4-6-10-17/h4-6,9-10,12-13,16H,2-3,7-8,11,14-15H2,1H3,(H,23,25). The van der Waals surface area contributed by atoms with E-state index >= 15 is 0 Å². The van der Waals surface area contributed by atoms with Gasteiger partial charge in [-0.05, 0) is 43.4 Å². The van der Waals surface area contributed by atoms with E-state index in [0.717, 1.165) is 36.7 Å². The summed E-state index contributed by atoms with van der Waals surface area (Å²) in [6.45, 7) is 3.20. The zero-order valence-corrected chi connectivity index (χ0v) is 16.1. The maximum atomic E-state index is 12.4. The number of aryl methyl sites for hydroxylation is 1. The summed E-state index contributed by atoms with van der Waals surface area (Å²) in [5.74, 6) is -0.0642. The summed E-state index contributed by atoms with van der Waals surface area (Å²) in [6.07, 6.45) is 4.76. The van der Waals surface area contributed by atoms with Gasteiger partial charge in [-0.3, -0.25) is 0 Å². The number of aromatic nitrogens is 1. The van der Waals surface area contributed by atoms with Gasteiger partial charge in [0.05, 0.1) is 6.61 Å². The lowest BCUT2D eigenvalue weighted by Crippen LogP contribution is -2.34. The van der Waals surface area contributed by atoms with Crippen LogP contribution in [-0.2, 0) is 6.42 Å². The Bertz CT molecular complexity index is 960. The Morgan fingerprint density at radius 3 is 2.71 bits per heavy atom. The third-order valence-corrected chi connectivity index (χ3v) is 4.53. The Morgan fingerprint density at radius 1 is 1.11 bits per heavy atom. The Balaban J connectivity index is 1.55. The van der Waals surface area contributed by atoms with Crippen LogP contribution in [0.3, 0.4) is 0 Å². The van der Waals surface area contributed by atoms with Gasteiger partial charge in [0, 0.05) is 12.6 Å². The minimum absolute atomic E-state index is 0.346. The summed E-state index contributed by atoms with van der Waals surface area (Å²) in [4.78, 5) is 24.6. The predicted molar refractivity (Wildman–Crippen MR) is 109 cm³/mol. The molecule has 1 N–H and O–H groups in total. The van der Waals surface area contributed by atoms with Crippen molar-refractivity contribution in [2.24, 2.45) is 0 Å². The normalized spacial score (nSPS) is 10.9. The fraction of sp³-hybridized carbons (Fsp3) is 0.364. The molecule has 0 spiro atoms. The second-order valence-electron chi connectivity index (χ2n) is 6.71. The van der Waals surface area contributed by atoms with Crippen molar-refractivity contribution in [1.29, 1.82) is 0 Å². The molecule has 2 aromatic carbocycles. The third-order valence-electron chi connectivity index (χ3n) is 4.53. The van der Waals surface area contributed by atoms with Crippen molar-refractivity contribution in [2.75, 3.05) is 13.2 Å². The molecule has 6 nitrogen and oxygen atoms in total. The number of amides is 1. The molecular weight excluding hydrogens is 356 g/mol. The van der Waals surface area contributed by atoms with Gasteiger partial charge < -0.3 is 14.5 Å². The van der Waals surface area contributed by atoms with E-state index in [4.69, 9.17) is 9.15 Å². The number of carbonyl (C=O) groups excluding carboxylic acids is 1. The quantitative estimate of drug-likeness (QED) is 0.558. The van der Waals surface area contributed by atoms with Crippen molar-refractivity contribution in [3.8, 4) is 5.75 Å². The minimum atomic E-state index is -0.692. The SMILES string of the molecule is CCCCOc1ccc2c(c1)oc(=O)n2C(=O)NCCCCc1ccccc1. The number of ether oxygens (including phenoxy) is 1. The molecule has 0 aliphatic carbocycles. The number of carbonyl (C=O) groups is 1. The maximum absolute atomic E-state index is 12.4. The van der Waals surface area contributed by atoms with Gasteiger partial charge in [0.2, 0.25) is 0 Å². The lowest BCUT2D eigenvalue weighted by Gasteiger charge is -2.06. The maximum Gasteiger partial charge on any atom is 0.428 e. The molecule has 0 radical (unpaired) electrons. The number of unbranched alkanes of at least 4 members (excludes halogenated alkanes) is 2. The summed E-state index contributed by atoms with van der Waals surface area (Å²) in [5, 5.41) is 2.79. The van der Waals surface area contributed by atoms with Crippen molar-refractivity contribution >= 4 is 17.1 Å². The molecule has 0 aliphatic rings. The number of hydrogen-bond acceptors (Lipinski definition) is 4. The molecule has 0 bridgehead atoms. The zero-order valence-electron chi connectivity index (χ0n) is 16.1. The molecule has 0 aliphatic heterocycles. The van der Waals surface area contributed by atoms with Gasteiger partial charge in [0.15, 0.2) is 5.58 Å². The second kappa shape index (κ2) is 9.78. The lowest BCUT2D eigenvalue weighted by molar-refractivity contribution is 0.241. The second-order valence-corrected chi connectivity index (χ2v) is 6.71. The molecule has 1 amide bonds. The average Bonchev–Trinajstić information content (AvgIpc) is 3.03. The Hall–Kier alpha value is -3.02. The molecule has 148 valence electrons. The molecular formula is C22H26N2O4. The molecule has 0 unspecified atom stereocenters. The number of nitrogens with zero attached hydrogens (tertiary/aromatic N) is 1. The van der Waals surface area contributed by atoms with Crippen LogP contribution in [0.15, 0.2) is 57.7 Å². The summed E-state index contributed by atoms with van der Waals surface area (Å²) in [7, 11) is 0. The van der Waals surface area contributed by atoms with Crippen molar-refractivity contribution in [3.05, 3.63) is 64.6 Å². The number of oxazole rings is 1. The number of hydrogen-bond donors (Lipinski definition) is 1. The first-order valence-electron chi connectivity index (χ1n) is 9.79. The van der Waals surface area contributed by atoms with Crippen LogP contribution < -0.4 is 15.8 Å². The van der Waals surface area contributed by atoms with Crippen molar-refractivity contribution in [3.63, 3.8) is 0 Å². The molecule has 3 aromatic rings. The predicted octanol–water partition coefficient (Wildman–Crippen LogP) is 4.35. The van der Waals surface area contributed by atoms with Gasteiger partial charge in [-0.15, -0.1) is 0 Å². The van der Waals surface area contributed by atoms with Crippen molar-refractivity contribution in [2.45, 2.75) is 39.0 Å². The molecule has 28 heavy (non-hydrogen) atoms. The molecule has 0 saturated heterocycles. The Kier molecular flexibility index (Phi) is 6.89. The van der Waals surface area contributed by atoms with E-state index in [0.29, 0.717) is 30.0 Å². The number of fused-ring (bicyclic) bond motifs is 1. The molecule has 1 aromatic heterocycles. The van der Waals surface area contributed by atoms with Crippen LogP contribution in [0.4, 0.5) is 4.79 Å². The highest BCUT2D eigenvalue weighted by molar-refractivity contribution is 5.88. The summed E-state index contributed by atoms with van der Waals surface area (Å²) >= 11 is 0. The smallest absolute Gasteiger partial charge is 0.428 e. The van der Waals surface area contributed by atoms with Crippen LogP contribution in [-0.4, -0.2) is 23.7 Å².